The molecule has 1 unspecified atom stereocenters. The molecule has 196 valence electrons. The molecule has 0 radical (unpaired) electrons. The molecule has 0 spiro atoms. The molecule has 0 saturated heterocycles. The first-order valence-corrected chi connectivity index (χ1v) is 20.8. The Balaban J connectivity index is 4.82. The predicted octanol–water partition coefficient (Wildman–Crippen LogP) is 9.25. The molecule has 0 saturated carbocycles. The van der Waals surface area contributed by atoms with Crippen LogP contribution in [0.2, 0.25) is 8.87 Å². The van der Waals surface area contributed by atoms with Crippen molar-refractivity contribution < 1.29 is 15.7 Å². The van der Waals surface area contributed by atoms with E-state index in [1.54, 1.807) is 0 Å². The fourth-order valence-corrected chi connectivity index (χ4v) is 14.4. The number of hydrogen-bond donors (Lipinski definition) is 0. The third kappa shape index (κ3) is 16.9. The summed E-state index contributed by atoms with van der Waals surface area (Å²) in [5.41, 5.74) is 0. The van der Waals surface area contributed by atoms with Gasteiger partial charge in [-0.2, -0.15) is 0 Å². The minimum atomic E-state index is -3.79. The third-order valence-electron chi connectivity index (χ3n) is 6.63. The van der Waals surface area contributed by atoms with Crippen LogP contribution in [0.3, 0.4) is 0 Å². The maximum absolute atomic E-state index is 13.1. The zero-order valence-corrected chi connectivity index (χ0v) is 25.7. The fourth-order valence-electron chi connectivity index (χ4n) is 4.29. The average Bonchev–Trinajstić information content (AvgIpc) is 2.80. The number of unbranched alkanes of at least 4 members (excludes halogenated alkanes) is 11. The monoisotopic (exact) mass is 576 g/mol. The van der Waals surface area contributed by atoms with Crippen LogP contribution in [0.4, 0.5) is 0 Å². The second-order valence-electron chi connectivity index (χ2n) is 9.84. The Morgan fingerprint density at radius 1 is 0.606 bits per heavy atom. The Bertz CT molecular complexity index is 473. The number of carbonyl (C=O) groups is 2. The third-order valence-corrected chi connectivity index (χ3v) is 16.3. The molecule has 33 heavy (non-hydrogen) atoms. The first-order valence-electron chi connectivity index (χ1n) is 14.4. The van der Waals surface area contributed by atoms with Gasteiger partial charge in [0.15, 0.2) is 0 Å². The summed E-state index contributed by atoms with van der Waals surface area (Å²) >= 11 is -3.79. The van der Waals surface area contributed by atoms with E-state index in [0.717, 1.165) is 73.1 Å². The SMILES string of the molecule is CCCCCCCCCCCC(=O)[O][Sn]([CH2]CCC)([CH2]CCC)[O]C(=O)C(CC)CCCC. The summed E-state index contributed by atoms with van der Waals surface area (Å²) in [4.78, 5) is 25.9. The zero-order chi connectivity index (χ0) is 24.8. The van der Waals surface area contributed by atoms with E-state index in [4.69, 9.17) is 6.15 Å². The zero-order valence-electron chi connectivity index (χ0n) is 22.9. The number of hydrogen-bond acceptors (Lipinski definition) is 4. The van der Waals surface area contributed by atoms with E-state index in [1.165, 1.54) is 44.9 Å². The fraction of sp³-hybridized carbons (Fsp3) is 0.929. The summed E-state index contributed by atoms with van der Waals surface area (Å²) in [6.45, 7) is 10.8. The van der Waals surface area contributed by atoms with Gasteiger partial charge in [0.1, 0.15) is 0 Å². The molecule has 0 bridgehead atoms. The summed E-state index contributed by atoms with van der Waals surface area (Å²) in [6.07, 6.45) is 19.4. The van der Waals surface area contributed by atoms with Crippen LogP contribution in [0.25, 0.3) is 0 Å². The van der Waals surface area contributed by atoms with E-state index in [9.17, 15) is 9.59 Å². The maximum atomic E-state index is 13.1. The van der Waals surface area contributed by atoms with E-state index in [1.807, 2.05) is 0 Å². The normalized spacial score (nSPS) is 12.5. The summed E-state index contributed by atoms with van der Waals surface area (Å²) in [5.74, 6) is -0.263. The van der Waals surface area contributed by atoms with Crippen LogP contribution in [0.1, 0.15) is 150 Å². The molecule has 0 heterocycles. The molecule has 0 aliphatic carbocycles. The standard InChI is InChI=1S/C12H24O2.C8H16O2.2C4H9.Sn/c1-2-3-4-5-6-7-8-9-10-11-12(13)14;1-3-5-6-7(4-2)8(9)10;2*1-3-4-2;/h2-11H2,1H3,(H,13,14);7H,3-6H2,1-2H3,(H,9,10);2*1,3-4H2,2H3;/q;;;;+2/p-2. The Labute approximate surface area is 211 Å². The molecule has 0 rings (SSSR count). The van der Waals surface area contributed by atoms with E-state index in [2.05, 4.69) is 34.6 Å². The van der Waals surface area contributed by atoms with Crippen molar-refractivity contribution in [3.8, 4) is 0 Å². The van der Waals surface area contributed by atoms with Crippen LogP contribution >= 0.6 is 0 Å². The van der Waals surface area contributed by atoms with Crippen molar-refractivity contribution in [2.45, 2.75) is 159 Å². The molecule has 1 atom stereocenters. The molecule has 0 N–H and O–H groups in total. The van der Waals surface area contributed by atoms with Crippen molar-refractivity contribution in [2.24, 2.45) is 5.92 Å². The van der Waals surface area contributed by atoms with Crippen LogP contribution in [0.5, 0.6) is 0 Å². The van der Waals surface area contributed by atoms with Gasteiger partial charge in [0, 0.05) is 0 Å². The van der Waals surface area contributed by atoms with E-state index < -0.39 is 19.2 Å². The van der Waals surface area contributed by atoms with Crippen LogP contribution in [-0.2, 0) is 15.7 Å². The molecule has 0 fully saturated rings. The molecule has 5 heteroatoms. The van der Waals surface area contributed by atoms with Gasteiger partial charge in [0.25, 0.3) is 0 Å². The van der Waals surface area contributed by atoms with Crippen molar-refractivity contribution in [3.05, 3.63) is 0 Å². The number of rotatable bonds is 23. The Kier molecular flexibility index (Phi) is 22.0. The van der Waals surface area contributed by atoms with Gasteiger partial charge in [0.2, 0.25) is 0 Å². The van der Waals surface area contributed by atoms with Crippen molar-refractivity contribution in [1.29, 1.82) is 0 Å². The molecule has 0 aliphatic rings. The van der Waals surface area contributed by atoms with Gasteiger partial charge in [-0.15, -0.1) is 0 Å². The Morgan fingerprint density at radius 2 is 1.09 bits per heavy atom. The molecule has 0 aromatic carbocycles. The quantitative estimate of drug-likeness (QED) is 0.0900. The van der Waals surface area contributed by atoms with Gasteiger partial charge in [-0.05, 0) is 0 Å². The van der Waals surface area contributed by atoms with Crippen LogP contribution in [0, 0.1) is 5.92 Å². The topological polar surface area (TPSA) is 52.6 Å². The van der Waals surface area contributed by atoms with Crippen molar-refractivity contribution >= 4 is 31.1 Å². The van der Waals surface area contributed by atoms with Gasteiger partial charge in [-0.25, -0.2) is 0 Å². The van der Waals surface area contributed by atoms with E-state index >= 15 is 0 Å². The predicted molar refractivity (Wildman–Crippen MR) is 143 cm³/mol. The first kappa shape index (κ1) is 32.7. The van der Waals surface area contributed by atoms with E-state index in [0.29, 0.717) is 6.42 Å². The van der Waals surface area contributed by atoms with Crippen molar-refractivity contribution in [2.75, 3.05) is 0 Å². The Hall–Kier alpha value is -0.261. The molecule has 0 aliphatic heterocycles. The molecule has 0 amide bonds. The first-order chi connectivity index (χ1) is 16.0. The van der Waals surface area contributed by atoms with Crippen LogP contribution in [-0.4, -0.2) is 31.1 Å². The average molecular weight is 575 g/mol. The molecular weight excluding hydrogens is 519 g/mol. The van der Waals surface area contributed by atoms with Gasteiger partial charge in [0.05, 0.1) is 0 Å². The molecule has 0 aromatic rings. The van der Waals surface area contributed by atoms with Crippen LogP contribution in [0.15, 0.2) is 0 Å². The van der Waals surface area contributed by atoms with Crippen molar-refractivity contribution in [3.63, 3.8) is 0 Å². The van der Waals surface area contributed by atoms with Crippen molar-refractivity contribution in [1.82, 2.24) is 0 Å². The second kappa shape index (κ2) is 22.2. The summed E-state index contributed by atoms with van der Waals surface area (Å²) in [7, 11) is 0. The van der Waals surface area contributed by atoms with Gasteiger partial charge in [-0.3, -0.25) is 0 Å². The van der Waals surface area contributed by atoms with Crippen LogP contribution < -0.4 is 0 Å². The van der Waals surface area contributed by atoms with Gasteiger partial charge in [-0.1, -0.05) is 6.92 Å². The summed E-state index contributed by atoms with van der Waals surface area (Å²) in [5, 5.41) is 0. The molecule has 4 nitrogen and oxygen atoms in total. The summed E-state index contributed by atoms with van der Waals surface area (Å²) < 4.78 is 14.1. The Morgan fingerprint density at radius 3 is 1.58 bits per heavy atom. The molecule has 0 aromatic heterocycles. The number of carbonyl (C=O) groups excluding carboxylic acids is 2. The van der Waals surface area contributed by atoms with E-state index in [-0.39, 0.29) is 17.9 Å². The summed E-state index contributed by atoms with van der Waals surface area (Å²) in [6, 6.07) is 0. The van der Waals surface area contributed by atoms with Gasteiger partial charge >= 0.3 is 205 Å². The minimum absolute atomic E-state index is 0.0553. The van der Waals surface area contributed by atoms with Gasteiger partial charge < -0.3 is 0 Å². The molecular formula is C28H56O4Sn. The second-order valence-corrected chi connectivity index (χ2v) is 19.1.